The van der Waals surface area contributed by atoms with E-state index in [2.05, 4.69) is 5.10 Å². The number of anilines is 1. The first-order valence-electron chi connectivity index (χ1n) is 8.30. The Balaban J connectivity index is 1.62. The number of hydrogen-bond donors (Lipinski definition) is 0. The third-order valence-electron chi connectivity index (χ3n) is 4.94. The van der Waals surface area contributed by atoms with Gasteiger partial charge in [0.25, 0.3) is 0 Å². The maximum absolute atomic E-state index is 12.7. The summed E-state index contributed by atoms with van der Waals surface area (Å²) in [5.74, 6) is -0.395. The summed E-state index contributed by atoms with van der Waals surface area (Å²) in [7, 11) is 0. The van der Waals surface area contributed by atoms with Crippen LogP contribution in [0.1, 0.15) is 31.2 Å². The molecule has 1 saturated carbocycles. The molecule has 6 heteroatoms. The van der Waals surface area contributed by atoms with Crippen LogP contribution in [0.25, 0.3) is 0 Å². The summed E-state index contributed by atoms with van der Waals surface area (Å²) in [6.45, 7) is 0.545. The van der Waals surface area contributed by atoms with Crippen LogP contribution in [0.3, 0.4) is 0 Å². The fourth-order valence-corrected chi connectivity index (χ4v) is 4.00. The molecule has 2 fully saturated rings. The van der Waals surface area contributed by atoms with Crippen LogP contribution in [0.15, 0.2) is 36.5 Å². The molecule has 2 aromatic rings. The average Bonchev–Trinajstić information content (AvgIpc) is 3.07. The van der Waals surface area contributed by atoms with Gasteiger partial charge in [-0.1, -0.05) is 54.8 Å². The van der Waals surface area contributed by atoms with Gasteiger partial charge in [0.15, 0.2) is 5.82 Å². The summed E-state index contributed by atoms with van der Waals surface area (Å²) in [4.78, 5) is 26.5. The Morgan fingerprint density at radius 3 is 2.29 bits per heavy atom. The van der Waals surface area contributed by atoms with Crippen LogP contribution in [-0.4, -0.2) is 21.6 Å². The summed E-state index contributed by atoms with van der Waals surface area (Å²) in [6, 6.07) is 9.86. The van der Waals surface area contributed by atoms with E-state index in [0.717, 1.165) is 31.2 Å². The molecular weight excluding hydrogens is 326 g/mol. The fraction of sp³-hybridized carbons (Fsp3) is 0.389. The molecule has 2 aliphatic rings. The number of fused-ring (bicyclic) bond motifs is 1. The van der Waals surface area contributed by atoms with Crippen LogP contribution in [-0.2, 0) is 16.1 Å². The van der Waals surface area contributed by atoms with Gasteiger partial charge in [-0.25, -0.2) is 4.90 Å². The van der Waals surface area contributed by atoms with Crippen LogP contribution in [0, 0.1) is 11.8 Å². The minimum atomic E-state index is -0.193. The lowest BCUT2D eigenvalue weighted by Crippen LogP contribution is -2.31. The van der Waals surface area contributed by atoms with Gasteiger partial charge in [0.05, 0.1) is 18.4 Å². The van der Waals surface area contributed by atoms with Crippen LogP contribution in [0.5, 0.6) is 0 Å². The molecule has 1 aromatic heterocycles. The van der Waals surface area contributed by atoms with E-state index in [1.165, 1.54) is 4.90 Å². The highest BCUT2D eigenvalue weighted by Crippen LogP contribution is 2.41. The fourth-order valence-electron chi connectivity index (χ4n) is 3.76. The Bertz CT molecular complexity index is 763. The highest BCUT2D eigenvalue weighted by molar-refractivity contribution is 6.35. The van der Waals surface area contributed by atoms with E-state index in [-0.39, 0.29) is 29.5 Å². The lowest BCUT2D eigenvalue weighted by atomic mass is 9.81. The van der Waals surface area contributed by atoms with Crippen molar-refractivity contribution in [3.63, 3.8) is 0 Å². The smallest absolute Gasteiger partial charge is 0.238 e. The first kappa shape index (κ1) is 15.4. The number of halogens is 1. The molecule has 0 radical (unpaired) electrons. The molecule has 1 aliphatic heterocycles. The molecule has 2 amide bonds. The van der Waals surface area contributed by atoms with Crippen molar-refractivity contribution in [1.29, 1.82) is 0 Å². The van der Waals surface area contributed by atoms with E-state index >= 15 is 0 Å². The molecule has 24 heavy (non-hydrogen) atoms. The number of nitrogens with zero attached hydrogens (tertiary/aromatic N) is 3. The predicted molar refractivity (Wildman–Crippen MR) is 90.7 cm³/mol. The van der Waals surface area contributed by atoms with Crippen molar-refractivity contribution >= 4 is 29.2 Å². The molecule has 0 spiro atoms. The molecule has 1 aromatic carbocycles. The number of carbonyl (C=O) groups excluding carboxylic acids is 2. The molecule has 1 aliphatic carbocycles. The highest BCUT2D eigenvalue weighted by Gasteiger charge is 2.50. The predicted octanol–water partition coefficient (Wildman–Crippen LogP) is 3.26. The molecule has 0 bridgehead atoms. The normalized spacial score (nSPS) is 23.6. The van der Waals surface area contributed by atoms with E-state index in [4.69, 9.17) is 11.6 Å². The van der Waals surface area contributed by atoms with Crippen molar-refractivity contribution < 1.29 is 9.59 Å². The van der Waals surface area contributed by atoms with E-state index in [9.17, 15) is 9.59 Å². The zero-order chi connectivity index (χ0) is 16.7. The molecule has 5 nitrogen and oxygen atoms in total. The topological polar surface area (TPSA) is 55.2 Å². The van der Waals surface area contributed by atoms with E-state index < -0.39 is 0 Å². The van der Waals surface area contributed by atoms with E-state index in [1.54, 1.807) is 10.9 Å². The number of aromatic nitrogens is 2. The van der Waals surface area contributed by atoms with Crippen molar-refractivity contribution in [3.8, 4) is 0 Å². The molecule has 1 saturated heterocycles. The highest BCUT2D eigenvalue weighted by atomic mass is 35.5. The monoisotopic (exact) mass is 343 g/mol. The summed E-state index contributed by atoms with van der Waals surface area (Å²) in [5, 5.41) is 4.75. The van der Waals surface area contributed by atoms with Crippen molar-refractivity contribution in [2.45, 2.75) is 32.2 Å². The lowest BCUT2D eigenvalue weighted by Gasteiger charge is -2.19. The molecule has 4 rings (SSSR count). The second-order valence-electron chi connectivity index (χ2n) is 6.49. The maximum Gasteiger partial charge on any atom is 0.238 e. The molecule has 0 N–H and O–H groups in total. The second kappa shape index (κ2) is 6.06. The van der Waals surface area contributed by atoms with Crippen molar-refractivity contribution in [1.82, 2.24) is 9.78 Å². The summed E-state index contributed by atoms with van der Waals surface area (Å²) in [6.07, 6.45) is 5.25. The first-order valence-corrected chi connectivity index (χ1v) is 8.67. The van der Waals surface area contributed by atoms with Crippen molar-refractivity contribution in [2.75, 3.05) is 4.90 Å². The SMILES string of the molecule is O=C1C2CCCCC2C(=O)N1c1nn(Cc2ccccc2)cc1Cl. The zero-order valence-corrected chi connectivity index (χ0v) is 13.9. The van der Waals surface area contributed by atoms with Crippen molar-refractivity contribution in [2.24, 2.45) is 11.8 Å². The van der Waals surface area contributed by atoms with Crippen LogP contribution in [0.2, 0.25) is 5.02 Å². The minimum Gasteiger partial charge on any atom is -0.274 e. The van der Waals surface area contributed by atoms with E-state index in [0.29, 0.717) is 11.6 Å². The molecule has 2 heterocycles. The standard InChI is InChI=1S/C18H18ClN3O2/c19-15-11-21(10-12-6-2-1-3-7-12)20-16(15)22-17(23)13-8-4-5-9-14(13)18(22)24/h1-3,6-7,11,13-14H,4-5,8-10H2. The van der Waals surface area contributed by atoms with Crippen LogP contribution < -0.4 is 4.90 Å². The average molecular weight is 344 g/mol. The number of carbonyl (C=O) groups is 2. The Morgan fingerprint density at radius 1 is 1.04 bits per heavy atom. The molecule has 2 unspecified atom stereocenters. The van der Waals surface area contributed by atoms with Gasteiger partial charge in [0, 0.05) is 6.20 Å². The van der Waals surface area contributed by atoms with Crippen LogP contribution in [0.4, 0.5) is 5.82 Å². The Morgan fingerprint density at radius 2 is 1.67 bits per heavy atom. The Kier molecular flexibility index (Phi) is 3.88. The number of imide groups is 1. The third kappa shape index (κ3) is 2.53. The number of amides is 2. The zero-order valence-electron chi connectivity index (χ0n) is 13.2. The largest absolute Gasteiger partial charge is 0.274 e. The second-order valence-corrected chi connectivity index (χ2v) is 6.90. The number of hydrogen-bond acceptors (Lipinski definition) is 3. The van der Waals surface area contributed by atoms with Gasteiger partial charge >= 0.3 is 0 Å². The van der Waals surface area contributed by atoms with Gasteiger partial charge in [-0.05, 0) is 18.4 Å². The molecule has 2 atom stereocenters. The summed E-state index contributed by atoms with van der Waals surface area (Å²) in [5.41, 5.74) is 1.08. The van der Waals surface area contributed by atoms with E-state index in [1.807, 2.05) is 30.3 Å². The first-order chi connectivity index (χ1) is 11.6. The quantitative estimate of drug-likeness (QED) is 0.804. The van der Waals surface area contributed by atoms with Gasteiger partial charge in [0.1, 0.15) is 5.02 Å². The van der Waals surface area contributed by atoms with Gasteiger partial charge in [-0.2, -0.15) is 5.10 Å². The van der Waals surface area contributed by atoms with Crippen molar-refractivity contribution in [3.05, 3.63) is 47.1 Å². The maximum atomic E-state index is 12.7. The number of benzene rings is 1. The molecule has 124 valence electrons. The van der Waals surface area contributed by atoms with Gasteiger partial charge in [0.2, 0.25) is 11.8 Å². The summed E-state index contributed by atoms with van der Waals surface area (Å²) >= 11 is 6.29. The van der Waals surface area contributed by atoms with Gasteiger partial charge in [-0.15, -0.1) is 0 Å². The Hall–Kier alpha value is -2.14. The van der Waals surface area contributed by atoms with Gasteiger partial charge < -0.3 is 0 Å². The van der Waals surface area contributed by atoms with Crippen LogP contribution >= 0.6 is 11.6 Å². The number of rotatable bonds is 3. The lowest BCUT2D eigenvalue weighted by molar-refractivity contribution is -0.122. The third-order valence-corrected chi connectivity index (χ3v) is 5.21. The Labute approximate surface area is 145 Å². The minimum absolute atomic E-state index is 0.142. The molecular formula is C18H18ClN3O2. The van der Waals surface area contributed by atoms with Gasteiger partial charge in [-0.3, -0.25) is 14.3 Å². The summed E-state index contributed by atoms with van der Waals surface area (Å²) < 4.78 is 1.68.